The van der Waals surface area contributed by atoms with Crippen molar-refractivity contribution < 1.29 is 21.6 Å². The third kappa shape index (κ3) is 3.84. The van der Waals surface area contributed by atoms with Crippen LogP contribution in [0.2, 0.25) is 0 Å². The number of H-pyrrole nitrogens is 1. The van der Waals surface area contributed by atoms with E-state index in [0.29, 0.717) is 11.6 Å². The maximum absolute atomic E-state index is 13.1. The number of hydrogen-bond acceptors (Lipinski definition) is 6. The largest absolute Gasteiger partial charge is 0.416 e. The summed E-state index contributed by atoms with van der Waals surface area (Å²) in [7, 11) is -4.19. The van der Waals surface area contributed by atoms with E-state index in [4.69, 9.17) is 5.73 Å². The number of nitrogens with zero attached hydrogens (tertiary/aromatic N) is 3. The van der Waals surface area contributed by atoms with E-state index in [1.54, 1.807) is 6.92 Å². The molecule has 0 saturated carbocycles. The Labute approximate surface area is 151 Å². The number of imidazole rings is 1. The fraction of sp³-hybridized carbons (Fsp3) is 0.133. The minimum absolute atomic E-state index is 0.113. The van der Waals surface area contributed by atoms with Crippen molar-refractivity contribution in [2.24, 2.45) is 0 Å². The van der Waals surface area contributed by atoms with Gasteiger partial charge in [0, 0.05) is 5.56 Å². The number of aryl methyl sites for hydroxylation is 1. The minimum Gasteiger partial charge on any atom is -0.382 e. The number of halogens is 3. The molecular weight excluding hydrogens is 385 g/mol. The third-order valence-electron chi connectivity index (χ3n) is 3.65. The van der Waals surface area contributed by atoms with Gasteiger partial charge >= 0.3 is 6.18 Å². The van der Waals surface area contributed by atoms with Crippen molar-refractivity contribution >= 4 is 21.5 Å². The Hall–Kier alpha value is -3.15. The first-order chi connectivity index (χ1) is 12.6. The number of anilines is 2. The molecule has 0 aliphatic heterocycles. The van der Waals surface area contributed by atoms with Crippen LogP contribution < -0.4 is 10.5 Å². The van der Waals surface area contributed by atoms with E-state index in [2.05, 4.69) is 24.9 Å². The van der Waals surface area contributed by atoms with Gasteiger partial charge in [0.1, 0.15) is 5.82 Å². The molecule has 0 bridgehead atoms. The fourth-order valence-electron chi connectivity index (χ4n) is 2.24. The van der Waals surface area contributed by atoms with Crippen LogP contribution in [-0.2, 0) is 16.2 Å². The topological polar surface area (TPSA) is 127 Å². The summed E-state index contributed by atoms with van der Waals surface area (Å²) in [6.07, 6.45) is -2.49. The molecule has 0 saturated heterocycles. The average Bonchev–Trinajstić information content (AvgIpc) is 3.12. The highest BCUT2D eigenvalue weighted by Gasteiger charge is 2.32. The Bertz CT molecular complexity index is 1080. The van der Waals surface area contributed by atoms with Crippen molar-refractivity contribution in [3.05, 3.63) is 47.9 Å². The summed E-state index contributed by atoms with van der Waals surface area (Å²) in [4.78, 5) is 5.99. The number of nitrogens with two attached hydrogens (primary N) is 1. The lowest BCUT2D eigenvalue weighted by Gasteiger charge is -2.15. The first-order valence-electron chi connectivity index (χ1n) is 7.40. The Balaban J connectivity index is 2.15. The van der Waals surface area contributed by atoms with Crippen LogP contribution >= 0.6 is 0 Å². The summed E-state index contributed by atoms with van der Waals surface area (Å²) in [5, 5.41) is 7.27. The molecule has 0 atom stereocenters. The van der Waals surface area contributed by atoms with Crippen LogP contribution in [0.5, 0.6) is 0 Å². The number of benzene rings is 1. The number of aromatic amines is 1. The summed E-state index contributed by atoms with van der Waals surface area (Å²) in [5.74, 6) is 0.158. The van der Waals surface area contributed by atoms with Gasteiger partial charge in [-0.05, 0) is 30.7 Å². The van der Waals surface area contributed by atoms with Gasteiger partial charge in [-0.3, -0.25) is 4.72 Å². The van der Waals surface area contributed by atoms with Crippen LogP contribution in [-0.4, -0.2) is 28.6 Å². The van der Waals surface area contributed by atoms with Crippen LogP contribution in [0, 0.1) is 6.92 Å². The zero-order valence-corrected chi connectivity index (χ0v) is 14.6. The number of rotatable bonds is 4. The fourth-order valence-corrected chi connectivity index (χ4v) is 3.22. The van der Waals surface area contributed by atoms with E-state index >= 15 is 0 Å². The summed E-state index contributed by atoms with van der Waals surface area (Å²) in [5.41, 5.74) is 5.10. The number of hydrogen-bond donors (Lipinski definition) is 3. The van der Waals surface area contributed by atoms with Crippen LogP contribution in [0.1, 0.15) is 11.1 Å². The van der Waals surface area contributed by atoms with Gasteiger partial charge in [0.25, 0.3) is 10.0 Å². The zero-order chi connectivity index (χ0) is 19.8. The molecule has 0 amide bonds. The second-order valence-corrected chi connectivity index (χ2v) is 7.23. The molecule has 0 aliphatic rings. The number of alkyl halides is 3. The number of aromatic nitrogens is 4. The molecule has 0 aliphatic carbocycles. The van der Waals surface area contributed by atoms with E-state index in [1.165, 1.54) is 6.07 Å². The predicted octanol–water partition coefficient (Wildman–Crippen LogP) is 2.58. The average molecular weight is 398 g/mol. The second-order valence-electron chi connectivity index (χ2n) is 5.58. The van der Waals surface area contributed by atoms with Crippen molar-refractivity contribution in [2.75, 3.05) is 10.5 Å². The molecule has 3 aromatic rings. The van der Waals surface area contributed by atoms with Crippen LogP contribution in [0.4, 0.5) is 24.7 Å². The monoisotopic (exact) mass is 398 g/mol. The van der Waals surface area contributed by atoms with E-state index < -0.39 is 21.8 Å². The molecule has 12 heteroatoms. The molecule has 2 heterocycles. The Morgan fingerprint density at radius 2 is 1.93 bits per heavy atom. The summed E-state index contributed by atoms with van der Waals surface area (Å²) in [6, 6.07) is 4.14. The molecular formula is C15H13F3N6O2S. The molecule has 0 radical (unpaired) electrons. The molecule has 8 nitrogen and oxygen atoms in total. The van der Waals surface area contributed by atoms with Crippen molar-refractivity contribution in [1.82, 2.24) is 20.2 Å². The molecule has 4 N–H and O–H groups in total. The standard InChI is InChI=1S/C15H13F3N6O2S/c1-8-4-11(22-23-14(8)19)10-3-2-9(15(16,17)18)5-12(10)24-27(25,26)13-6-20-7-21-13/h2-7,24H,1H3,(H2,19,23)(H,20,21). The van der Waals surface area contributed by atoms with Crippen LogP contribution in [0.3, 0.4) is 0 Å². The lowest BCUT2D eigenvalue weighted by Crippen LogP contribution is -2.15. The maximum atomic E-state index is 13.1. The van der Waals surface area contributed by atoms with Gasteiger partial charge in [-0.2, -0.15) is 21.6 Å². The Kier molecular flexibility index (Phi) is 4.51. The Morgan fingerprint density at radius 1 is 1.19 bits per heavy atom. The van der Waals surface area contributed by atoms with E-state index in [9.17, 15) is 21.6 Å². The van der Waals surface area contributed by atoms with E-state index in [-0.39, 0.29) is 27.8 Å². The lowest BCUT2D eigenvalue weighted by molar-refractivity contribution is -0.137. The number of nitrogen functional groups attached to an aromatic ring is 1. The van der Waals surface area contributed by atoms with Crippen LogP contribution in [0.25, 0.3) is 11.3 Å². The van der Waals surface area contributed by atoms with Gasteiger partial charge in [0.05, 0.1) is 29.5 Å². The molecule has 0 unspecified atom stereocenters. The first kappa shape index (κ1) is 18.6. The minimum atomic E-state index is -4.66. The predicted molar refractivity (Wildman–Crippen MR) is 91.0 cm³/mol. The van der Waals surface area contributed by atoms with Crippen molar-refractivity contribution in [2.45, 2.75) is 18.1 Å². The quantitative estimate of drug-likeness (QED) is 0.620. The van der Waals surface area contributed by atoms with E-state index in [1.807, 2.05) is 0 Å². The van der Waals surface area contributed by atoms with Gasteiger partial charge in [-0.1, -0.05) is 6.07 Å². The number of sulfonamides is 1. The normalized spacial score (nSPS) is 12.1. The third-order valence-corrected chi connectivity index (χ3v) is 4.94. The van der Waals surface area contributed by atoms with Gasteiger partial charge in [-0.25, -0.2) is 4.98 Å². The first-order valence-corrected chi connectivity index (χ1v) is 8.89. The molecule has 27 heavy (non-hydrogen) atoms. The summed E-state index contributed by atoms with van der Waals surface area (Å²) >= 11 is 0. The highest BCUT2D eigenvalue weighted by molar-refractivity contribution is 7.92. The maximum Gasteiger partial charge on any atom is 0.416 e. The highest BCUT2D eigenvalue weighted by atomic mass is 32.2. The van der Waals surface area contributed by atoms with Crippen LogP contribution in [0.15, 0.2) is 41.8 Å². The highest BCUT2D eigenvalue weighted by Crippen LogP contribution is 2.36. The lowest BCUT2D eigenvalue weighted by atomic mass is 10.0. The number of nitrogens with one attached hydrogen (secondary N) is 2. The van der Waals surface area contributed by atoms with Gasteiger partial charge < -0.3 is 10.7 Å². The van der Waals surface area contributed by atoms with Crippen molar-refractivity contribution in [1.29, 1.82) is 0 Å². The van der Waals surface area contributed by atoms with Crippen molar-refractivity contribution in [3.8, 4) is 11.3 Å². The van der Waals surface area contributed by atoms with Gasteiger partial charge in [0.2, 0.25) is 0 Å². The van der Waals surface area contributed by atoms with Gasteiger partial charge in [-0.15, -0.1) is 10.2 Å². The Morgan fingerprint density at radius 3 is 2.52 bits per heavy atom. The van der Waals surface area contributed by atoms with Crippen molar-refractivity contribution in [3.63, 3.8) is 0 Å². The smallest absolute Gasteiger partial charge is 0.382 e. The summed E-state index contributed by atoms with van der Waals surface area (Å²) < 4.78 is 66.2. The summed E-state index contributed by atoms with van der Waals surface area (Å²) in [6.45, 7) is 1.64. The second kappa shape index (κ2) is 6.54. The van der Waals surface area contributed by atoms with E-state index in [0.717, 1.165) is 24.7 Å². The zero-order valence-electron chi connectivity index (χ0n) is 13.7. The SMILES string of the molecule is Cc1cc(-c2ccc(C(F)(F)F)cc2NS(=O)(=O)c2cnc[nH]2)nnc1N. The molecule has 142 valence electrons. The molecule has 0 spiro atoms. The molecule has 0 fully saturated rings. The van der Waals surface area contributed by atoms with Gasteiger partial charge in [0.15, 0.2) is 5.03 Å². The molecule has 1 aromatic carbocycles. The molecule has 3 rings (SSSR count). The molecule has 2 aromatic heterocycles.